The Morgan fingerprint density at radius 3 is 2.61 bits per heavy atom. The molecule has 28 heavy (non-hydrogen) atoms. The largest absolute Gasteiger partial charge is 0.481 e. The number of hydrogen-bond acceptors (Lipinski definition) is 5. The number of aryl methyl sites for hydroxylation is 1. The summed E-state index contributed by atoms with van der Waals surface area (Å²) in [4.78, 5) is 16.7. The molecule has 3 rings (SSSR count). The molecule has 0 radical (unpaired) electrons. The molecule has 2 aromatic carbocycles. The van der Waals surface area contributed by atoms with Gasteiger partial charge >= 0.3 is 0 Å². The minimum Gasteiger partial charge on any atom is -0.481 e. The predicted molar refractivity (Wildman–Crippen MR) is 107 cm³/mol. The van der Waals surface area contributed by atoms with Gasteiger partial charge in [-0.25, -0.2) is 0 Å². The fraction of sp³-hybridized carbons (Fsp3) is 0.286. The molecule has 3 aromatic rings. The molecule has 1 atom stereocenters. The predicted octanol–water partition coefficient (Wildman–Crippen LogP) is 4.43. The molecule has 0 aliphatic heterocycles. The molecule has 7 heteroatoms. The molecular formula is C21H22ClN3O3. The van der Waals surface area contributed by atoms with Crippen LogP contribution in [0.4, 0.5) is 0 Å². The van der Waals surface area contributed by atoms with Gasteiger partial charge in [-0.05, 0) is 42.7 Å². The zero-order valence-corrected chi connectivity index (χ0v) is 16.6. The van der Waals surface area contributed by atoms with Crippen molar-refractivity contribution in [2.45, 2.75) is 39.3 Å². The maximum absolute atomic E-state index is 12.5. The lowest BCUT2D eigenvalue weighted by Crippen LogP contribution is -2.37. The van der Waals surface area contributed by atoms with Crippen molar-refractivity contribution in [3.05, 3.63) is 65.0 Å². The van der Waals surface area contributed by atoms with Crippen LogP contribution in [-0.2, 0) is 17.8 Å². The molecule has 0 bridgehead atoms. The third-order valence-corrected chi connectivity index (χ3v) is 4.60. The number of carbonyl (C=O) groups is 1. The van der Waals surface area contributed by atoms with Gasteiger partial charge in [0.1, 0.15) is 5.75 Å². The Bertz CT molecular complexity index is 925. The molecule has 1 aromatic heterocycles. The smallest absolute Gasteiger partial charge is 0.261 e. The molecule has 146 valence electrons. The Balaban J connectivity index is 1.58. The zero-order chi connectivity index (χ0) is 19.9. The molecule has 6 nitrogen and oxygen atoms in total. The summed E-state index contributed by atoms with van der Waals surface area (Å²) in [5.41, 5.74) is 1.89. The molecule has 0 saturated heterocycles. The van der Waals surface area contributed by atoms with Crippen LogP contribution in [0.3, 0.4) is 0 Å². The quantitative estimate of drug-likeness (QED) is 0.606. The van der Waals surface area contributed by atoms with Crippen LogP contribution in [-0.4, -0.2) is 22.2 Å². The van der Waals surface area contributed by atoms with E-state index in [2.05, 4.69) is 22.4 Å². The van der Waals surface area contributed by atoms with Gasteiger partial charge in [0.05, 0.1) is 11.6 Å². The first kappa shape index (κ1) is 19.9. The standard InChI is InChI=1S/C21H22ClN3O3/c1-3-14-9-11-15(12-10-14)27-18(4-2)21(26)23-13-19-24-20(25-28-19)16-7-5-6-8-17(16)22/h5-12,18H,3-4,13H2,1-2H3,(H,23,26). The van der Waals surface area contributed by atoms with E-state index in [0.29, 0.717) is 34.5 Å². The molecule has 1 unspecified atom stereocenters. The summed E-state index contributed by atoms with van der Waals surface area (Å²) in [5, 5.41) is 7.23. The zero-order valence-electron chi connectivity index (χ0n) is 15.8. The normalized spacial score (nSPS) is 11.8. The van der Waals surface area contributed by atoms with Crippen LogP contribution in [0.5, 0.6) is 5.75 Å². The van der Waals surface area contributed by atoms with Gasteiger partial charge in [0.15, 0.2) is 6.10 Å². The number of hydrogen-bond donors (Lipinski definition) is 1. The van der Waals surface area contributed by atoms with Crippen LogP contribution in [0.1, 0.15) is 31.7 Å². The highest BCUT2D eigenvalue weighted by atomic mass is 35.5. The van der Waals surface area contributed by atoms with Crippen LogP contribution >= 0.6 is 11.6 Å². The Kier molecular flexibility index (Phi) is 6.66. The number of halogens is 1. The number of carbonyl (C=O) groups excluding carboxylic acids is 1. The number of rotatable bonds is 8. The summed E-state index contributed by atoms with van der Waals surface area (Å²) < 4.78 is 11.0. The number of aromatic nitrogens is 2. The molecule has 0 aliphatic rings. The van der Waals surface area contributed by atoms with Crippen molar-refractivity contribution in [1.29, 1.82) is 0 Å². The first-order chi connectivity index (χ1) is 13.6. The van der Waals surface area contributed by atoms with Crippen molar-refractivity contribution < 1.29 is 14.1 Å². The summed E-state index contributed by atoms with van der Waals surface area (Å²) >= 11 is 6.14. The maximum Gasteiger partial charge on any atom is 0.261 e. The second-order valence-electron chi connectivity index (χ2n) is 6.22. The van der Waals surface area contributed by atoms with Gasteiger partial charge in [-0.2, -0.15) is 4.98 Å². The van der Waals surface area contributed by atoms with E-state index in [4.69, 9.17) is 20.9 Å². The number of nitrogens with one attached hydrogen (secondary N) is 1. The van der Waals surface area contributed by atoms with Crippen molar-refractivity contribution >= 4 is 17.5 Å². The Morgan fingerprint density at radius 1 is 1.18 bits per heavy atom. The molecule has 1 N–H and O–H groups in total. The summed E-state index contributed by atoms with van der Waals surface area (Å²) in [7, 11) is 0. The van der Waals surface area contributed by atoms with E-state index in [0.717, 1.165) is 6.42 Å². The molecule has 0 saturated carbocycles. The number of benzene rings is 2. The summed E-state index contributed by atoms with van der Waals surface area (Å²) in [5.74, 6) is 1.11. The lowest BCUT2D eigenvalue weighted by molar-refractivity contribution is -0.128. The minimum atomic E-state index is -0.599. The molecular weight excluding hydrogens is 378 g/mol. The van der Waals surface area contributed by atoms with Gasteiger partial charge in [-0.1, -0.05) is 54.9 Å². The Hall–Kier alpha value is -2.86. The molecule has 1 heterocycles. The lowest BCUT2D eigenvalue weighted by Gasteiger charge is -2.17. The molecule has 0 spiro atoms. The summed E-state index contributed by atoms with van der Waals surface area (Å²) in [6, 6.07) is 15.0. The van der Waals surface area contributed by atoms with Crippen molar-refractivity contribution in [3.63, 3.8) is 0 Å². The molecule has 0 aliphatic carbocycles. The van der Waals surface area contributed by atoms with E-state index in [1.54, 1.807) is 12.1 Å². The number of ether oxygens (including phenoxy) is 1. The van der Waals surface area contributed by atoms with Crippen molar-refractivity contribution in [2.75, 3.05) is 0 Å². The van der Waals surface area contributed by atoms with Crippen molar-refractivity contribution in [1.82, 2.24) is 15.5 Å². The van der Waals surface area contributed by atoms with Gasteiger partial charge in [0.25, 0.3) is 5.91 Å². The van der Waals surface area contributed by atoms with Crippen LogP contribution in [0.2, 0.25) is 5.02 Å². The minimum absolute atomic E-state index is 0.116. The van der Waals surface area contributed by atoms with E-state index >= 15 is 0 Å². The second-order valence-corrected chi connectivity index (χ2v) is 6.63. The van der Waals surface area contributed by atoms with E-state index in [9.17, 15) is 4.79 Å². The molecule has 1 amide bonds. The Morgan fingerprint density at radius 2 is 1.93 bits per heavy atom. The first-order valence-electron chi connectivity index (χ1n) is 9.21. The third kappa shape index (κ3) is 4.89. The lowest BCUT2D eigenvalue weighted by atomic mass is 10.2. The number of nitrogens with zero attached hydrogens (tertiary/aromatic N) is 2. The van der Waals surface area contributed by atoms with Gasteiger partial charge in [-0.15, -0.1) is 0 Å². The highest BCUT2D eigenvalue weighted by Crippen LogP contribution is 2.24. The van der Waals surface area contributed by atoms with E-state index < -0.39 is 6.10 Å². The van der Waals surface area contributed by atoms with Crippen LogP contribution in [0, 0.1) is 0 Å². The van der Waals surface area contributed by atoms with Gasteiger partial charge < -0.3 is 14.6 Å². The highest BCUT2D eigenvalue weighted by Gasteiger charge is 2.19. The second kappa shape index (κ2) is 9.37. The first-order valence-corrected chi connectivity index (χ1v) is 9.59. The monoisotopic (exact) mass is 399 g/mol. The highest BCUT2D eigenvalue weighted by molar-refractivity contribution is 6.33. The molecule has 0 fully saturated rings. The van der Waals surface area contributed by atoms with E-state index in [-0.39, 0.29) is 12.5 Å². The fourth-order valence-electron chi connectivity index (χ4n) is 2.65. The third-order valence-electron chi connectivity index (χ3n) is 4.27. The number of amides is 1. The van der Waals surface area contributed by atoms with Gasteiger partial charge in [-0.3, -0.25) is 4.79 Å². The van der Waals surface area contributed by atoms with E-state index in [1.165, 1.54) is 5.56 Å². The van der Waals surface area contributed by atoms with Crippen LogP contribution in [0.25, 0.3) is 11.4 Å². The Labute approximate surface area is 168 Å². The summed E-state index contributed by atoms with van der Waals surface area (Å²) in [6.45, 7) is 4.10. The van der Waals surface area contributed by atoms with Gasteiger partial charge in [0.2, 0.25) is 11.7 Å². The SMILES string of the molecule is CCc1ccc(OC(CC)C(=O)NCc2nc(-c3ccccc3Cl)no2)cc1. The topological polar surface area (TPSA) is 77.2 Å². The average Bonchev–Trinajstić information content (AvgIpc) is 3.19. The van der Waals surface area contributed by atoms with Crippen molar-refractivity contribution in [3.8, 4) is 17.1 Å². The van der Waals surface area contributed by atoms with Crippen LogP contribution < -0.4 is 10.1 Å². The maximum atomic E-state index is 12.5. The van der Waals surface area contributed by atoms with Crippen molar-refractivity contribution in [2.24, 2.45) is 0 Å². The fourth-order valence-corrected chi connectivity index (χ4v) is 2.87. The average molecular weight is 400 g/mol. The van der Waals surface area contributed by atoms with Crippen LogP contribution in [0.15, 0.2) is 53.1 Å². The van der Waals surface area contributed by atoms with Gasteiger partial charge in [0, 0.05) is 5.56 Å². The van der Waals surface area contributed by atoms with E-state index in [1.807, 2.05) is 43.3 Å². The summed E-state index contributed by atoms with van der Waals surface area (Å²) in [6.07, 6.45) is 0.896.